The van der Waals surface area contributed by atoms with Crippen LogP contribution in [0, 0.1) is 11.7 Å². The van der Waals surface area contributed by atoms with Crippen molar-refractivity contribution in [2.24, 2.45) is 5.92 Å². The summed E-state index contributed by atoms with van der Waals surface area (Å²) in [7, 11) is 0. The summed E-state index contributed by atoms with van der Waals surface area (Å²) < 4.78 is 14.1. The number of nitrogens with one attached hydrogen (secondary N) is 2. The number of carboxylic acids is 1. The molecule has 1 aliphatic rings. The van der Waals surface area contributed by atoms with E-state index in [9.17, 15) is 19.1 Å². The van der Waals surface area contributed by atoms with Gasteiger partial charge in [0.25, 0.3) is 5.91 Å². The third kappa shape index (κ3) is 6.26. The zero-order valence-electron chi connectivity index (χ0n) is 22.8. The maximum absolute atomic E-state index is 14.1. The Kier molecular flexibility index (Phi) is 8.95. The lowest BCUT2D eigenvalue weighted by Crippen LogP contribution is -2.40. The van der Waals surface area contributed by atoms with Crippen LogP contribution in [0.25, 0.3) is 33.5 Å². The molecular weight excluding hydrogens is 564 g/mol. The van der Waals surface area contributed by atoms with Crippen molar-refractivity contribution >= 4 is 46.1 Å². The van der Waals surface area contributed by atoms with Gasteiger partial charge in [-0.05, 0) is 55.0 Å². The molecule has 0 aliphatic heterocycles. The largest absolute Gasteiger partial charge is 0.478 e. The lowest BCUT2D eigenvalue weighted by molar-refractivity contribution is 0.0697. The van der Waals surface area contributed by atoms with Crippen LogP contribution in [-0.2, 0) is 0 Å². The van der Waals surface area contributed by atoms with E-state index in [0.29, 0.717) is 44.5 Å². The first kappa shape index (κ1) is 29.1. The second-order valence-corrected chi connectivity index (χ2v) is 11.5. The molecule has 1 aromatic heterocycles. The molecule has 0 bridgehead atoms. The van der Waals surface area contributed by atoms with Gasteiger partial charge in [0.2, 0.25) is 0 Å². The number of hydrogen-bond donors (Lipinski definition) is 3. The van der Waals surface area contributed by atoms with Crippen LogP contribution in [-0.4, -0.2) is 33.0 Å². The number of imidazole rings is 1. The van der Waals surface area contributed by atoms with Crippen molar-refractivity contribution in [2.45, 2.75) is 64.3 Å². The van der Waals surface area contributed by atoms with Gasteiger partial charge in [0.1, 0.15) is 11.6 Å². The number of rotatable bonds is 8. The smallest absolute Gasteiger partial charge is 0.336 e. The molecule has 0 radical (unpaired) electrons. The predicted octanol–water partition coefficient (Wildman–Crippen LogP) is 8.91. The molecule has 6 nitrogen and oxygen atoms in total. The van der Waals surface area contributed by atoms with Gasteiger partial charge in [-0.15, -0.1) is 0 Å². The summed E-state index contributed by atoms with van der Waals surface area (Å²) in [6.45, 7) is 2.11. The summed E-state index contributed by atoms with van der Waals surface area (Å²) in [5.74, 6) is -1.24. The fraction of sp³-hybridized carbons (Fsp3) is 0.344. The van der Waals surface area contributed by atoms with Gasteiger partial charge in [-0.3, -0.25) is 4.79 Å². The first-order valence-electron chi connectivity index (χ1n) is 14.1. The number of hydrogen-bond acceptors (Lipinski definition) is 3. The predicted molar refractivity (Wildman–Crippen MR) is 161 cm³/mol. The molecule has 1 unspecified atom stereocenters. The molecule has 0 spiro atoms. The molecule has 3 N–H and O–H groups in total. The first-order valence-corrected chi connectivity index (χ1v) is 14.8. The summed E-state index contributed by atoms with van der Waals surface area (Å²) in [6.07, 6.45) is 8.84. The maximum Gasteiger partial charge on any atom is 0.336 e. The average molecular weight is 597 g/mol. The van der Waals surface area contributed by atoms with Crippen LogP contribution in [0.5, 0.6) is 0 Å². The summed E-state index contributed by atoms with van der Waals surface area (Å²) in [5.41, 5.74) is 2.43. The third-order valence-electron chi connectivity index (χ3n) is 7.96. The van der Waals surface area contributed by atoms with Crippen molar-refractivity contribution in [3.05, 3.63) is 75.5 Å². The van der Waals surface area contributed by atoms with Crippen molar-refractivity contribution in [3.8, 4) is 22.5 Å². The SMILES string of the molecule is CCCC(NC(=O)c1ccc(-c2c(Cl)cccc2-c2nc3cc(Cl)c(F)cc3[nH]2)c(C(=O)O)c1)C1CCCCCC1. The van der Waals surface area contributed by atoms with Crippen molar-refractivity contribution in [3.63, 3.8) is 0 Å². The summed E-state index contributed by atoms with van der Waals surface area (Å²) in [6, 6.07) is 12.5. The van der Waals surface area contributed by atoms with Gasteiger partial charge in [-0.25, -0.2) is 14.2 Å². The molecule has 4 aromatic rings. The second kappa shape index (κ2) is 12.6. The number of carbonyl (C=O) groups excluding carboxylic acids is 1. The zero-order chi connectivity index (χ0) is 29.1. The van der Waals surface area contributed by atoms with E-state index in [1.807, 2.05) is 0 Å². The van der Waals surface area contributed by atoms with Crippen molar-refractivity contribution in [1.82, 2.24) is 15.3 Å². The Morgan fingerprint density at radius 1 is 1.05 bits per heavy atom. The van der Waals surface area contributed by atoms with Gasteiger partial charge in [0, 0.05) is 33.8 Å². The number of fused-ring (bicyclic) bond motifs is 1. The zero-order valence-corrected chi connectivity index (χ0v) is 24.3. The Balaban J connectivity index is 1.52. The van der Waals surface area contributed by atoms with Crippen LogP contribution in [0.1, 0.15) is 79.0 Å². The average Bonchev–Trinajstić information content (AvgIpc) is 3.15. The van der Waals surface area contributed by atoms with Crippen LogP contribution in [0.2, 0.25) is 10.0 Å². The molecule has 1 aliphatic carbocycles. The summed E-state index contributed by atoms with van der Waals surface area (Å²) in [4.78, 5) is 33.5. The molecule has 214 valence electrons. The number of aromatic nitrogens is 2. The molecule has 9 heteroatoms. The number of H-pyrrole nitrogens is 1. The van der Waals surface area contributed by atoms with E-state index in [2.05, 4.69) is 22.2 Å². The monoisotopic (exact) mass is 595 g/mol. The Morgan fingerprint density at radius 3 is 2.51 bits per heavy atom. The third-order valence-corrected chi connectivity index (χ3v) is 8.56. The normalized spacial score (nSPS) is 15.0. The molecule has 5 rings (SSSR count). The van der Waals surface area contributed by atoms with Crippen LogP contribution >= 0.6 is 23.2 Å². The number of carbonyl (C=O) groups is 2. The maximum atomic E-state index is 14.1. The molecule has 1 saturated carbocycles. The highest BCUT2D eigenvalue weighted by Crippen LogP contribution is 2.39. The Bertz CT molecular complexity index is 1560. The highest BCUT2D eigenvalue weighted by Gasteiger charge is 2.26. The van der Waals surface area contributed by atoms with Crippen LogP contribution in [0.15, 0.2) is 48.5 Å². The van der Waals surface area contributed by atoms with Gasteiger partial charge in [-0.2, -0.15) is 0 Å². The van der Waals surface area contributed by atoms with E-state index in [1.54, 1.807) is 30.3 Å². The summed E-state index contributed by atoms with van der Waals surface area (Å²) >= 11 is 12.6. The van der Waals surface area contributed by atoms with E-state index in [-0.39, 0.29) is 28.1 Å². The van der Waals surface area contributed by atoms with Gasteiger partial charge in [0.15, 0.2) is 0 Å². The second-order valence-electron chi connectivity index (χ2n) is 10.7. The van der Waals surface area contributed by atoms with Crippen molar-refractivity contribution in [2.75, 3.05) is 0 Å². The number of aromatic amines is 1. The molecule has 1 amide bonds. The molecule has 3 aromatic carbocycles. The van der Waals surface area contributed by atoms with E-state index in [1.165, 1.54) is 43.9 Å². The number of aromatic carboxylic acids is 1. The van der Waals surface area contributed by atoms with Gasteiger partial charge in [0.05, 0.1) is 21.6 Å². The molecule has 1 heterocycles. The van der Waals surface area contributed by atoms with E-state index in [4.69, 9.17) is 23.2 Å². The lowest BCUT2D eigenvalue weighted by Gasteiger charge is -2.27. The minimum absolute atomic E-state index is 0.0517. The van der Waals surface area contributed by atoms with Gasteiger partial charge < -0.3 is 15.4 Å². The standard InChI is InChI=1S/C32H32Cl2FN3O3/c1-2-8-26(18-9-5-3-4-6-10-18)38-31(39)19-13-14-20(22(15-19)32(40)41)29-21(11-7-12-23(29)33)30-36-27-16-24(34)25(35)17-28(27)37-30/h7,11-18,26H,2-6,8-10H2,1H3,(H,36,37)(H,38,39)(H,40,41). The molecule has 1 fully saturated rings. The molecule has 1 atom stereocenters. The Hall–Kier alpha value is -3.42. The Labute approximate surface area is 248 Å². The van der Waals surface area contributed by atoms with Gasteiger partial charge in [-0.1, -0.05) is 80.4 Å². The van der Waals surface area contributed by atoms with Crippen LogP contribution < -0.4 is 5.32 Å². The minimum atomic E-state index is -1.19. The molecular formula is C32H32Cl2FN3O3. The minimum Gasteiger partial charge on any atom is -0.478 e. The number of halogens is 3. The van der Waals surface area contributed by atoms with E-state index in [0.717, 1.165) is 25.7 Å². The first-order chi connectivity index (χ1) is 19.8. The number of nitrogens with zero attached hydrogens (tertiary/aromatic N) is 1. The summed E-state index contributed by atoms with van der Waals surface area (Å²) in [5, 5.41) is 13.7. The topological polar surface area (TPSA) is 95.1 Å². The highest BCUT2D eigenvalue weighted by molar-refractivity contribution is 6.34. The fourth-order valence-corrected chi connectivity index (χ4v) is 6.34. The fourth-order valence-electron chi connectivity index (χ4n) is 5.91. The number of carboxylic acid groups (broad SMARTS) is 1. The van der Waals surface area contributed by atoms with Crippen LogP contribution in [0.3, 0.4) is 0 Å². The number of amides is 1. The van der Waals surface area contributed by atoms with E-state index >= 15 is 0 Å². The molecule has 0 saturated heterocycles. The quantitative estimate of drug-likeness (QED) is 0.177. The van der Waals surface area contributed by atoms with Crippen LogP contribution in [0.4, 0.5) is 4.39 Å². The Morgan fingerprint density at radius 2 is 1.80 bits per heavy atom. The van der Waals surface area contributed by atoms with E-state index < -0.39 is 11.8 Å². The number of benzene rings is 3. The molecule has 41 heavy (non-hydrogen) atoms. The van der Waals surface area contributed by atoms with Crippen molar-refractivity contribution < 1.29 is 19.1 Å². The lowest BCUT2D eigenvalue weighted by atomic mass is 9.88. The van der Waals surface area contributed by atoms with Crippen molar-refractivity contribution in [1.29, 1.82) is 0 Å². The highest BCUT2D eigenvalue weighted by atomic mass is 35.5. The van der Waals surface area contributed by atoms with Gasteiger partial charge >= 0.3 is 5.97 Å².